The molecular formula is C14H27IN4O2. The maximum Gasteiger partial charge on any atom is 0.229 e. The molecule has 2 amide bonds. The monoisotopic (exact) mass is 410 g/mol. The summed E-state index contributed by atoms with van der Waals surface area (Å²) < 4.78 is 0. The zero-order valence-corrected chi connectivity index (χ0v) is 15.5. The van der Waals surface area contributed by atoms with Crippen molar-refractivity contribution in [2.45, 2.75) is 39.5 Å². The molecule has 0 aromatic rings. The van der Waals surface area contributed by atoms with Gasteiger partial charge in [-0.1, -0.05) is 13.8 Å². The molecule has 0 atom stereocenters. The molecule has 6 nitrogen and oxygen atoms in total. The summed E-state index contributed by atoms with van der Waals surface area (Å²) in [5, 5.41) is 6.34. The molecule has 2 N–H and O–H groups in total. The molecule has 1 heterocycles. The standard InChI is InChI=1S/C14H26N4O2.HI/c1-11(2)7-8-16-14(15-3)17-9-10-18-12(19)5-4-6-13(18)20;/h11H,4-10H2,1-3H3,(H2,15,16,17);1H. The van der Waals surface area contributed by atoms with E-state index in [4.69, 9.17) is 0 Å². The third-order valence-corrected chi connectivity index (χ3v) is 3.25. The smallest absolute Gasteiger partial charge is 0.229 e. The first-order valence-electron chi connectivity index (χ1n) is 7.32. The first kappa shape index (κ1) is 20.1. The highest BCUT2D eigenvalue weighted by atomic mass is 127. The summed E-state index contributed by atoms with van der Waals surface area (Å²) in [5.41, 5.74) is 0. The second-order valence-electron chi connectivity index (χ2n) is 5.40. The number of likely N-dealkylation sites (tertiary alicyclic amines) is 1. The molecule has 21 heavy (non-hydrogen) atoms. The lowest BCUT2D eigenvalue weighted by Crippen LogP contribution is -2.46. The van der Waals surface area contributed by atoms with Gasteiger partial charge in [0.2, 0.25) is 11.8 Å². The van der Waals surface area contributed by atoms with E-state index in [0.29, 0.717) is 44.2 Å². The van der Waals surface area contributed by atoms with Crippen LogP contribution in [0.3, 0.4) is 0 Å². The number of rotatable bonds is 6. The van der Waals surface area contributed by atoms with Crippen LogP contribution >= 0.6 is 24.0 Å². The van der Waals surface area contributed by atoms with Gasteiger partial charge >= 0.3 is 0 Å². The number of amides is 2. The Morgan fingerprint density at radius 1 is 1.19 bits per heavy atom. The van der Waals surface area contributed by atoms with Crippen molar-refractivity contribution in [3.63, 3.8) is 0 Å². The lowest BCUT2D eigenvalue weighted by Gasteiger charge is -2.25. The SMILES string of the molecule is CN=C(NCCC(C)C)NCCN1C(=O)CCCC1=O.I. The van der Waals surface area contributed by atoms with Crippen LogP contribution in [0.2, 0.25) is 0 Å². The van der Waals surface area contributed by atoms with Crippen LogP contribution in [-0.2, 0) is 9.59 Å². The first-order chi connectivity index (χ1) is 9.54. The van der Waals surface area contributed by atoms with Gasteiger partial charge < -0.3 is 10.6 Å². The van der Waals surface area contributed by atoms with E-state index in [1.165, 1.54) is 4.90 Å². The van der Waals surface area contributed by atoms with Crippen molar-refractivity contribution < 1.29 is 9.59 Å². The molecule has 0 spiro atoms. The van der Waals surface area contributed by atoms with Crippen molar-refractivity contribution in [2.75, 3.05) is 26.7 Å². The average Bonchev–Trinajstić information content (AvgIpc) is 2.39. The van der Waals surface area contributed by atoms with Crippen LogP contribution in [0.25, 0.3) is 0 Å². The van der Waals surface area contributed by atoms with E-state index in [-0.39, 0.29) is 35.8 Å². The number of guanidine groups is 1. The normalized spacial score (nSPS) is 16.0. The quantitative estimate of drug-likeness (QED) is 0.300. The third kappa shape index (κ3) is 7.63. The van der Waals surface area contributed by atoms with Crippen molar-refractivity contribution in [1.29, 1.82) is 0 Å². The Morgan fingerprint density at radius 3 is 2.29 bits per heavy atom. The molecule has 1 fully saturated rings. The maximum atomic E-state index is 11.6. The Morgan fingerprint density at radius 2 is 1.76 bits per heavy atom. The maximum absolute atomic E-state index is 11.6. The van der Waals surface area contributed by atoms with E-state index in [0.717, 1.165) is 13.0 Å². The van der Waals surface area contributed by atoms with E-state index >= 15 is 0 Å². The van der Waals surface area contributed by atoms with Crippen LogP contribution in [0.4, 0.5) is 0 Å². The molecule has 0 unspecified atom stereocenters. The van der Waals surface area contributed by atoms with Gasteiger partial charge in [0, 0.05) is 39.5 Å². The number of hydrogen-bond acceptors (Lipinski definition) is 3. The summed E-state index contributed by atoms with van der Waals surface area (Å²) in [5.74, 6) is 1.23. The molecular weight excluding hydrogens is 383 g/mol. The topological polar surface area (TPSA) is 73.8 Å². The molecule has 122 valence electrons. The summed E-state index contributed by atoms with van der Waals surface area (Å²) in [6.07, 6.45) is 2.71. The van der Waals surface area contributed by atoms with Crippen molar-refractivity contribution in [1.82, 2.24) is 15.5 Å². The average molecular weight is 410 g/mol. The number of halogens is 1. The van der Waals surface area contributed by atoms with Gasteiger partial charge in [0.05, 0.1) is 0 Å². The highest BCUT2D eigenvalue weighted by molar-refractivity contribution is 14.0. The summed E-state index contributed by atoms with van der Waals surface area (Å²) >= 11 is 0. The minimum Gasteiger partial charge on any atom is -0.356 e. The summed E-state index contributed by atoms with van der Waals surface area (Å²) in [6, 6.07) is 0. The number of piperidine rings is 1. The Hall–Kier alpha value is -0.860. The van der Waals surface area contributed by atoms with E-state index in [2.05, 4.69) is 29.5 Å². The largest absolute Gasteiger partial charge is 0.356 e. The van der Waals surface area contributed by atoms with Gasteiger partial charge in [0.1, 0.15) is 0 Å². The summed E-state index contributed by atoms with van der Waals surface area (Å²) in [6.45, 7) is 6.14. The number of hydrogen-bond donors (Lipinski definition) is 2. The minimum atomic E-state index is -0.0641. The predicted molar refractivity (Wildman–Crippen MR) is 94.8 cm³/mol. The molecule has 1 saturated heterocycles. The number of carbonyl (C=O) groups is 2. The van der Waals surface area contributed by atoms with E-state index in [1.54, 1.807) is 7.05 Å². The van der Waals surface area contributed by atoms with Crippen molar-refractivity contribution in [2.24, 2.45) is 10.9 Å². The molecule has 1 rings (SSSR count). The lowest BCUT2D eigenvalue weighted by atomic mass is 10.1. The Bertz CT molecular complexity index is 356. The van der Waals surface area contributed by atoms with E-state index in [9.17, 15) is 9.59 Å². The van der Waals surface area contributed by atoms with Crippen LogP contribution < -0.4 is 10.6 Å². The van der Waals surface area contributed by atoms with Crippen LogP contribution in [-0.4, -0.2) is 49.4 Å². The Kier molecular flexibility index (Phi) is 10.4. The summed E-state index contributed by atoms with van der Waals surface area (Å²) in [7, 11) is 1.71. The van der Waals surface area contributed by atoms with Crippen molar-refractivity contribution >= 4 is 41.8 Å². The molecule has 0 saturated carbocycles. The van der Waals surface area contributed by atoms with Gasteiger partial charge in [0.25, 0.3) is 0 Å². The molecule has 0 radical (unpaired) electrons. The fraction of sp³-hybridized carbons (Fsp3) is 0.786. The number of aliphatic imine (C=N–C) groups is 1. The molecule has 1 aliphatic rings. The summed E-state index contributed by atoms with van der Waals surface area (Å²) in [4.78, 5) is 28.7. The lowest BCUT2D eigenvalue weighted by molar-refractivity contribution is -0.147. The van der Waals surface area contributed by atoms with Gasteiger partial charge in [-0.05, 0) is 18.8 Å². The van der Waals surface area contributed by atoms with Gasteiger partial charge in [0.15, 0.2) is 5.96 Å². The fourth-order valence-electron chi connectivity index (χ4n) is 2.04. The van der Waals surface area contributed by atoms with E-state index in [1.807, 2.05) is 0 Å². The molecule has 0 aromatic carbocycles. The number of carbonyl (C=O) groups excluding carboxylic acids is 2. The molecule has 7 heteroatoms. The molecule has 0 aromatic heterocycles. The Balaban J connectivity index is 0.00000400. The number of imide groups is 1. The second-order valence-corrected chi connectivity index (χ2v) is 5.40. The molecule has 1 aliphatic heterocycles. The zero-order valence-electron chi connectivity index (χ0n) is 13.1. The van der Waals surface area contributed by atoms with Crippen molar-refractivity contribution in [3.05, 3.63) is 0 Å². The minimum absolute atomic E-state index is 0. The predicted octanol–water partition coefficient (Wildman–Crippen LogP) is 1.35. The van der Waals surface area contributed by atoms with Gasteiger partial charge in [-0.3, -0.25) is 19.5 Å². The van der Waals surface area contributed by atoms with Crippen LogP contribution in [0.15, 0.2) is 4.99 Å². The fourth-order valence-corrected chi connectivity index (χ4v) is 2.04. The third-order valence-electron chi connectivity index (χ3n) is 3.25. The highest BCUT2D eigenvalue weighted by Gasteiger charge is 2.25. The Labute approximate surface area is 144 Å². The molecule has 0 aliphatic carbocycles. The van der Waals surface area contributed by atoms with Crippen LogP contribution in [0.5, 0.6) is 0 Å². The first-order valence-corrected chi connectivity index (χ1v) is 7.32. The van der Waals surface area contributed by atoms with Gasteiger partial charge in [-0.2, -0.15) is 0 Å². The second kappa shape index (κ2) is 10.8. The van der Waals surface area contributed by atoms with Gasteiger partial charge in [-0.25, -0.2) is 0 Å². The molecule has 0 bridgehead atoms. The van der Waals surface area contributed by atoms with Gasteiger partial charge in [-0.15, -0.1) is 24.0 Å². The number of nitrogens with zero attached hydrogens (tertiary/aromatic N) is 2. The highest BCUT2D eigenvalue weighted by Crippen LogP contribution is 2.11. The zero-order chi connectivity index (χ0) is 15.0. The van der Waals surface area contributed by atoms with E-state index < -0.39 is 0 Å². The number of nitrogens with one attached hydrogen (secondary N) is 2. The van der Waals surface area contributed by atoms with Crippen LogP contribution in [0, 0.1) is 5.92 Å². The van der Waals surface area contributed by atoms with Crippen molar-refractivity contribution in [3.8, 4) is 0 Å². The van der Waals surface area contributed by atoms with Crippen LogP contribution in [0.1, 0.15) is 39.5 Å².